The molecule has 2 aromatic heterocycles. The van der Waals surface area contributed by atoms with Gasteiger partial charge >= 0.3 is 0 Å². The smallest absolute Gasteiger partial charge is 0.261 e. The Balaban J connectivity index is 1.98. The molecule has 0 amide bonds. The zero-order valence-electron chi connectivity index (χ0n) is 8.83. The van der Waals surface area contributed by atoms with Gasteiger partial charge < -0.3 is 14.7 Å². The number of benzene rings is 1. The van der Waals surface area contributed by atoms with Crippen molar-refractivity contribution in [2.45, 2.75) is 0 Å². The van der Waals surface area contributed by atoms with E-state index in [4.69, 9.17) is 14.7 Å². The lowest BCUT2D eigenvalue weighted by Gasteiger charge is -1.94. The molecule has 5 nitrogen and oxygen atoms in total. The lowest BCUT2D eigenvalue weighted by Crippen LogP contribution is -1.85. The van der Waals surface area contributed by atoms with Crippen LogP contribution >= 0.6 is 0 Å². The van der Waals surface area contributed by atoms with Gasteiger partial charge in [0.15, 0.2) is 0 Å². The molecular formula is C12H9N3O2. The number of anilines is 1. The molecule has 0 unspecified atom stereocenters. The maximum absolute atomic E-state index is 5.61. The molecule has 1 aromatic carbocycles. The molecule has 0 aliphatic rings. The zero-order valence-corrected chi connectivity index (χ0v) is 8.83. The summed E-state index contributed by atoms with van der Waals surface area (Å²) in [5, 5.41) is 3.90. The van der Waals surface area contributed by atoms with Crippen molar-refractivity contribution >= 4 is 5.69 Å². The molecule has 2 N–H and O–H groups in total. The Bertz CT molecular complexity index is 612. The first kappa shape index (κ1) is 9.65. The van der Waals surface area contributed by atoms with Crippen LogP contribution in [0.25, 0.3) is 22.8 Å². The molecule has 0 atom stereocenters. The Morgan fingerprint density at radius 3 is 2.53 bits per heavy atom. The zero-order chi connectivity index (χ0) is 11.7. The van der Waals surface area contributed by atoms with Crippen molar-refractivity contribution in [3.8, 4) is 22.8 Å². The molecule has 3 rings (SSSR count). The molecule has 5 heteroatoms. The lowest BCUT2D eigenvalue weighted by atomic mass is 10.2. The summed E-state index contributed by atoms with van der Waals surface area (Å²) >= 11 is 0. The third kappa shape index (κ3) is 1.78. The maximum atomic E-state index is 5.61. The molecule has 0 bridgehead atoms. The maximum Gasteiger partial charge on any atom is 0.261 e. The molecule has 0 aliphatic carbocycles. The minimum Gasteiger partial charge on any atom is -0.472 e. The minimum atomic E-state index is 0.436. The summed E-state index contributed by atoms with van der Waals surface area (Å²) < 4.78 is 10.1. The van der Waals surface area contributed by atoms with Gasteiger partial charge in [0, 0.05) is 11.3 Å². The van der Waals surface area contributed by atoms with Gasteiger partial charge in [-0.1, -0.05) is 5.16 Å². The second kappa shape index (κ2) is 3.79. The fraction of sp³-hybridized carbons (Fsp3) is 0. The number of hydrogen-bond acceptors (Lipinski definition) is 5. The topological polar surface area (TPSA) is 78.1 Å². The van der Waals surface area contributed by atoms with Crippen molar-refractivity contribution in [3.05, 3.63) is 42.9 Å². The molecule has 0 saturated heterocycles. The molecule has 84 valence electrons. The van der Waals surface area contributed by atoms with Gasteiger partial charge in [0.25, 0.3) is 5.89 Å². The summed E-state index contributed by atoms with van der Waals surface area (Å²) in [7, 11) is 0. The van der Waals surface area contributed by atoms with E-state index in [1.807, 2.05) is 12.1 Å². The molecule has 17 heavy (non-hydrogen) atoms. The second-order valence-corrected chi connectivity index (χ2v) is 3.56. The van der Waals surface area contributed by atoms with E-state index < -0.39 is 0 Å². The Morgan fingerprint density at radius 2 is 1.82 bits per heavy atom. The van der Waals surface area contributed by atoms with Gasteiger partial charge in [-0.2, -0.15) is 4.98 Å². The van der Waals surface area contributed by atoms with Crippen LogP contribution in [0.1, 0.15) is 0 Å². The average molecular weight is 227 g/mol. The van der Waals surface area contributed by atoms with E-state index in [2.05, 4.69) is 10.1 Å². The summed E-state index contributed by atoms with van der Waals surface area (Å²) in [6.07, 6.45) is 3.11. The first-order valence-corrected chi connectivity index (χ1v) is 5.05. The summed E-state index contributed by atoms with van der Waals surface area (Å²) in [5.41, 5.74) is 7.93. The molecule has 0 aliphatic heterocycles. The van der Waals surface area contributed by atoms with E-state index in [0.29, 0.717) is 17.4 Å². The highest BCUT2D eigenvalue weighted by Gasteiger charge is 2.10. The molecule has 0 saturated carbocycles. The summed E-state index contributed by atoms with van der Waals surface area (Å²) in [4.78, 5) is 4.27. The van der Waals surface area contributed by atoms with E-state index in [0.717, 1.165) is 11.1 Å². The predicted octanol–water partition coefficient (Wildman–Crippen LogP) is 2.58. The van der Waals surface area contributed by atoms with Crippen molar-refractivity contribution in [2.75, 3.05) is 5.73 Å². The molecule has 0 radical (unpaired) electrons. The molecule has 0 fully saturated rings. The first-order valence-electron chi connectivity index (χ1n) is 5.05. The van der Waals surface area contributed by atoms with Gasteiger partial charge in [0.05, 0.1) is 11.8 Å². The number of furan rings is 1. The monoisotopic (exact) mass is 227 g/mol. The minimum absolute atomic E-state index is 0.436. The summed E-state index contributed by atoms with van der Waals surface area (Å²) in [6, 6.07) is 9.05. The number of nitrogens with zero attached hydrogens (tertiary/aromatic N) is 2. The molecular weight excluding hydrogens is 218 g/mol. The van der Waals surface area contributed by atoms with Crippen LogP contribution < -0.4 is 5.73 Å². The lowest BCUT2D eigenvalue weighted by molar-refractivity contribution is 0.431. The van der Waals surface area contributed by atoms with Gasteiger partial charge in [-0.05, 0) is 30.3 Å². The predicted molar refractivity (Wildman–Crippen MR) is 61.8 cm³/mol. The average Bonchev–Trinajstić information content (AvgIpc) is 3.00. The number of nitrogens with two attached hydrogens (primary N) is 1. The Hall–Kier alpha value is -2.56. The van der Waals surface area contributed by atoms with Crippen molar-refractivity contribution in [2.24, 2.45) is 0 Å². The van der Waals surface area contributed by atoms with E-state index in [-0.39, 0.29) is 0 Å². The van der Waals surface area contributed by atoms with E-state index in [1.165, 1.54) is 0 Å². The highest BCUT2D eigenvalue weighted by atomic mass is 16.5. The number of aromatic nitrogens is 2. The Kier molecular flexibility index (Phi) is 2.15. The van der Waals surface area contributed by atoms with Gasteiger partial charge in [0.1, 0.15) is 6.26 Å². The van der Waals surface area contributed by atoms with Gasteiger partial charge in [0.2, 0.25) is 5.82 Å². The van der Waals surface area contributed by atoms with Gasteiger partial charge in [-0.3, -0.25) is 0 Å². The van der Waals surface area contributed by atoms with E-state index in [9.17, 15) is 0 Å². The fourth-order valence-corrected chi connectivity index (χ4v) is 1.48. The standard InChI is InChI=1S/C12H9N3O2/c13-10-3-1-8(2-4-10)11-14-12(17-15-11)9-5-6-16-7-9/h1-7H,13H2. The van der Waals surface area contributed by atoms with Crippen LogP contribution in [0.5, 0.6) is 0 Å². The normalized spacial score (nSPS) is 10.6. The van der Waals surface area contributed by atoms with Crippen LogP contribution in [0.2, 0.25) is 0 Å². The van der Waals surface area contributed by atoms with Crippen LogP contribution in [-0.2, 0) is 0 Å². The fourth-order valence-electron chi connectivity index (χ4n) is 1.48. The van der Waals surface area contributed by atoms with Gasteiger partial charge in [-0.25, -0.2) is 0 Å². The Labute approximate surface area is 96.9 Å². The van der Waals surface area contributed by atoms with Crippen molar-refractivity contribution < 1.29 is 8.94 Å². The second-order valence-electron chi connectivity index (χ2n) is 3.56. The molecule has 0 spiro atoms. The number of hydrogen-bond donors (Lipinski definition) is 1. The van der Waals surface area contributed by atoms with Gasteiger partial charge in [-0.15, -0.1) is 0 Å². The van der Waals surface area contributed by atoms with E-state index >= 15 is 0 Å². The summed E-state index contributed by atoms with van der Waals surface area (Å²) in [5.74, 6) is 0.965. The first-order chi connectivity index (χ1) is 8.33. The highest BCUT2D eigenvalue weighted by Crippen LogP contribution is 2.22. The van der Waals surface area contributed by atoms with Crippen LogP contribution in [0.15, 0.2) is 51.8 Å². The van der Waals surface area contributed by atoms with Crippen molar-refractivity contribution in [1.29, 1.82) is 0 Å². The van der Waals surface area contributed by atoms with Crippen molar-refractivity contribution in [1.82, 2.24) is 10.1 Å². The molecule has 2 heterocycles. The van der Waals surface area contributed by atoms with Crippen LogP contribution in [0.3, 0.4) is 0 Å². The van der Waals surface area contributed by atoms with Crippen LogP contribution in [-0.4, -0.2) is 10.1 Å². The number of nitrogen functional groups attached to an aromatic ring is 1. The third-order valence-electron chi connectivity index (χ3n) is 2.36. The largest absolute Gasteiger partial charge is 0.472 e. The van der Waals surface area contributed by atoms with Crippen LogP contribution in [0, 0.1) is 0 Å². The number of rotatable bonds is 2. The Morgan fingerprint density at radius 1 is 1.00 bits per heavy atom. The third-order valence-corrected chi connectivity index (χ3v) is 2.36. The summed E-state index contributed by atoms with van der Waals surface area (Å²) in [6.45, 7) is 0. The van der Waals surface area contributed by atoms with E-state index in [1.54, 1.807) is 30.7 Å². The molecule has 3 aromatic rings. The van der Waals surface area contributed by atoms with Crippen molar-refractivity contribution in [3.63, 3.8) is 0 Å². The SMILES string of the molecule is Nc1ccc(-c2noc(-c3ccoc3)n2)cc1. The highest BCUT2D eigenvalue weighted by molar-refractivity contribution is 5.61. The van der Waals surface area contributed by atoms with Crippen LogP contribution in [0.4, 0.5) is 5.69 Å². The quantitative estimate of drug-likeness (QED) is 0.681.